The Labute approximate surface area is 144 Å². The first-order chi connectivity index (χ1) is 11.8. The van der Waals surface area contributed by atoms with Gasteiger partial charge in [-0.2, -0.15) is 4.98 Å². The van der Waals surface area contributed by atoms with Crippen LogP contribution in [0.1, 0.15) is 5.56 Å². The second-order valence-electron chi connectivity index (χ2n) is 5.64. The second kappa shape index (κ2) is 6.40. The first-order valence-corrected chi connectivity index (χ1v) is 9.07. The zero-order valence-electron chi connectivity index (χ0n) is 13.5. The summed E-state index contributed by atoms with van der Waals surface area (Å²) in [4.78, 5) is 20.1. The fraction of sp³-hybridized carbons (Fsp3) is 0.467. The molecule has 24 heavy (non-hydrogen) atoms. The molecule has 0 aliphatic carbocycles. The van der Waals surface area contributed by atoms with Crippen LogP contribution in [0, 0.1) is 0 Å². The van der Waals surface area contributed by atoms with Gasteiger partial charge in [0, 0.05) is 49.4 Å². The lowest BCUT2D eigenvalue weighted by molar-refractivity contribution is 0.122. The van der Waals surface area contributed by atoms with Crippen LogP contribution in [0.3, 0.4) is 0 Å². The molecular weight excluding hydrogens is 326 g/mol. The molecule has 0 unspecified atom stereocenters. The van der Waals surface area contributed by atoms with Crippen LogP contribution in [0.25, 0.3) is 11.3 Å². The highest BCUT2D eigenvalue weighted by molar-refractivity contribution is 7.99. The summed E-state index contributed by atoms with van der Waals surface area (Å²) in [6, 6.07) is 0. The number of anilines is 3. The predicted molar refractivity (Wildman–Crippen MR) is 95.1 cm³/mol. The molecule has 126 valence electrons. The van der Waals surface area contributed by atoms with Gasteiger partial charge < -0.3 is 19.7 Å². The molecule has 0 aromatic carbocycles. The molecule has 2 aliphatic rings. The Bertz CT molecular complexity index is 733. The van der Waals surface area contributed by atoms with Crippen LogP contribution in [-0.2, 0) is 11.2 Å². The Kier molecular flexibility index (Phi) is 4.11. The van der Waals surface area contributed by atoms with Crippen molar-refractivity contribution in [3.8, 4) is 11.3 Å². The predicted octanol–water partition coefficient (Wildman–Crippen LogP) is 0.993. The Balaban J connectivity index is 1.82. The number of rotatable bonds is 3. The number of hydrogen-bond donors (Lipinski definition) is 1. The van der Waals surface area contributed by atoms with Gasteiger partial charge in [-0.25, -0.2) is 15.0 Å². The lowest BCUT2D eigenvalue weighted by atomic mass is 10.1. The van der Waals surface area contributed by atoms with Gasteiger partial charge >= 0.3 is 0 Å². The largest absolute Gasteiger partial charge is 0.378 e. The minimum Gasteiger partial charge on any atom is -0.378 e. The van der Waals surface area contributed by atoms with Crippen LogP contribution in [0.2, 0.25) is 0 Å². The molecule has 2 N–H and O–H groups in total. The maximum absolute atomic E-state index is 5.62. The number of morpholine rings is 1. The van der Waals surface area contributed by atoms with Gasteiger partial charge in [0.25, 0.3) is 0 Å². The Morgan fingerprint density at radius 2 is 1.88 bits per heavy atom. The van der Waals surface area contributed by atoms with Gasteiger partial charge in [-0.15, -0.1) is 0 Å². The van der Waals surface area contributed by atoms with Crippen molar-refractivity contribution in [2.45, 2.75) is 6.42 Å². The molecule has 0 amide bonds. The summed E-state index contributed by atoms with van der Waals surface area (Å²) >= 11 is 1.69. The van der Waals surface area contributed by atoms with Gasteiger partial charge in [0.15, 0.2) is 0 Å². The fourth-order valence-corrected chi connectivity index (χ4v) is 3.60. The van der Waals surface area contributed by atoms with Crippen molar-refractivity contribution in [2.24, 2.45) is 0 Å². The number of fused-ring (bicyclic) bond motifs is 1. The van der Waals surface area contributed by atoms with E-state index in [2.05, 4.69) is 25.4 Å². The van der Waals surface area contributed by atoms with E-state index in [1.54, 1.807) is 24.3 Å². The third kappa shape index (κ3) is 2.73. The summed E-state index contributed by atoms with van der Waals surface area (Å²) in [5.41, 5.74) is 8.54. The van der Waals surface area contributed by atoms with Crippen molar-refractivity contribution >= 4 is 29.7 Å². The maximum Gasteiger partial charge on any atom is 0.228 e. The Hall–Kier alpha value is -2.13. The van der Waals surface area contributed by atoms with Crippen LogP contribution in [-0.4, -0.2) is 59.0 Å². The molecule has 1 fully saturated rings. The highest BCUT2D eigenvalue weighted by Crippen LogP contribution is 2.37. The van der Waals surface area contributed by atoms with Gasteiger partial charge in [0.1, 0.15) is 5.82 Å². The summed E-state index contributed by atoms with van der Waals surface area (Å²) in [5, 5.41) is 0. The van der Waals surface area contributed by atoms with E-state index in [0.29, 0.717) is 13.2 Å². The van der Waals surface area contributed by atoms with E-state index < -0.39 is 0 Å². The van der Waals surface area contributed by atoms with Crippen molar-refractivity contribution in [2.75, 3.05) is 54.0 Å². The topological polar surface area (TPSA) is 93.3 Å². The summed E-state index contributed by atoms with van der Waals surface area (Å²) in [5.74, 6) is 2.00. The number of aromatic nitrogens is 4. The van der Waals surface area contributed by atoms with E-state index in [1.807, 2.05) is 0 Å². The summed E-state index contributed by atoms with van der Waals surface area (Å²) < 4.78 is 7.65. The normalized spacial score (nSPS) is 17.2. The van der Waals surface area contributed by atoms with Gasteiger partial charge in [0.05, 0.1) is 18.9 Å². The lowest BCUT2D eigenvalue weighted by Gasteiger charge is -2.28. The van der Waals surface area contributed by atoms with Crippen LogP contribution >= 0.6 is 11.9 Å². The Morgan fingerprint density at radius 1 is 1.12 bits per heavy atom. The molecule has 2 aliphatic heterocycles. The monoisotopic (exact) mass is 345 g/mol. The van der Waals surface area contributed by atoms with E-state index in [0.717, 1.165) is 54.6 Å². The number of nitrogens with two attached hydrogens (primary N) is 1. The number of ether oxygens (including phenoxy) is 1. The second-order valence-corrected chi connectivity index (χ2v) is 6.44. The van der Waals surface area contributed by atoms with E-state index in [1.165, 1.54) is 0 Å². The van der Waals surface area contributed by atoms with E-state index in [9.17, 15) is 0 Å². The average molecular weight is 345 g/mol. The van der Waals surface area contributed by atoms with Crippen molar-refractivity contribution in [3.05, 3.63) is 18.0 Å². The minimum absolute atomic E-state index is 0.267. The molecule has 0 atom stereocenters. The molecule has 0 saturated carbocycles. The minimum atomic E-state index is 0.267. The molecule has 8 nitrogen and oxygen atoms in total. The molecule has 0 radical (unpaired) electrons. The van der Waals surface area contributed by atoms with E-state index in [-0.39, 0.29) is 5.95 Å². The maximum atomic E-state index is 5.62. The molecule has 4 heterocycles. The van der Waals surface area contributed by atoms with Crippen molar-refractivity contribution in [1.29, 1.82) is 0 Å². The van der Waals surface area contributed by atoms with Crippen LogP contribution in [0.15, 0.2) is 12.4 Å². The van der Waals surface area contributed by atoms with Crippen LogP contribution in [0.4, 0.5) is 17.7 Å². The standard InChI is InChI=1S/C15H19N7OS/c1-24-22-3-2-11-12(10-8-17-14(16)18-9-10)19-15(20-13(11)22)21-4-6-23-7-5-21/h8-9H,2-7H2,1H3,(H2,16,17,18). The van der Waals surface area contributed by atoms with Crippen molar-refractivity contribution in [1.82, 2.24) is 19.9 Å². The molecule has 2 aromatic rings. The van der Waals surface area contributed by atoms with Crippen molar-refractivity contribution in [3.63, 3.8) is 0 Å². The number of nitrogen functional groups attached to an aromatic ring is 1. The molecule has 2 aromatic heterocycles. The van der Waals surface area contributed by atoms with Gasteiger partial charge in [0.2, 0.25) is 11.9 Å². The Morgan fingerprint density at radius 3 is 2.58 bits per heavy atom. The van der Waals surface area contributed by atoms with E-state index in [4.69, 9.17) is 20.4 Å². The number of hydrogen-bond acceptors (Lipinski definition) is 9. The van der Waals surface area contributed by atoms with Crippen LogP contribution < -0.4 is 14.9 Å². The highest BCUT2D eigenvalue weighted by atomic mass is 32.2. The van der Waals surface area contributed by atoms with Crippen LogP contribution in [0.5, 0.6) is 0 Å². The van der Waals surface area contributed by atoms with Gasteiger partial charge in [-0.1, -0.05) is 11.9 Å². The molecule has 1 saturated heterocycles. The highest BCUT2D eigenvalue weighted by Gasteiger charge is 2.28. The van der Waals surface area contributed by atoms with Gasteiger partial charge in [-0.05, 0) is 6.42 Å². The quantitative estimate of drug-likeness (QED) is 0.817. The summed E-state index contributed by atoms with van der Waals surface area (Å²) in [7, 11) is 0. The van der Waals surface area contributed by atoms with Gasteiger partial charge in [-0.3, -0.25) is 0 Å². The molecule has 4 rings (SSSR count). The average Bonchev–Trinajstić information content (AvgIpc) is 3.05. The summed E-state index contributed by atoms with van der Waals surface area (Å²) in [6.07, 6.45) is 6.45. The fourth-order valence-electron chi connectivity index (χ4n) is 3.00. The smallest absolute Gasteiger partial charge is 0.228 e. The molecule has 9 heteroatoms. The molecular formula is C15H19N7OS. The lowest BCUT2D eigenvalue weighted by Crippen LogP contribution is -2.37. The summed E-state index contributed by atoms with van der Waals surface area (Å²) in [6.45, 7) is 3.94. The third-order valence-electron chi connectivity index (χ3n) is 4.23. The van der Waals surface area contributed by atoms with Crippen molar-refractivity contribution < 1.29 is 4.74 Å². The zero-order chi connectivity index (χ0) is 16.5. The first kappa shape index (κ1) is 15.4. The zero-order valence-corrected chi connectivity index (χ0v) is 14.3. The molecule has 0 spiro atoms. The molecule has 0 bridgehead atoms. The number of nitrogens with zero attached hydrogens (tertiary/aromatic N) is 6. The van der Waals surface area contributed by atoms with E-state index >= 15 is 0 Å². The third-order valence-corrected chi connectivity index (χ3v) is 5.03. The first-order valence-electron chi connectivity index (χ1n) is 7.89. The SMILES string of the molecule is CSN1CCc2c(-c3cnc(N)nc3)nc(N3CCOCC3)nc21.